The number of hydrogen-bond acceptors (Lipinski definition) is 3. The first-order valence-electron chi connectivity index (χ1n) is 31.5. The van der Waals surface area contributed by atoms with Crippen LogP contribution in [0.5, 0.6) is 5.75 Å². The Morgan fingerprint density at radius 3 is 1.73 bits per heavy atom. The average Bonchev–Trinajstić information content (AvgIpc) is 2.22. The molecule has 0 saturated heterocycles. The lowest BCUT2D eigenvalue weighted by Crippen LogP contribution is -2.17. The summed E-state index contributed by atoms with van der Waals surface area (Å²) in [5, 5.41) is 12.8. The number of aryl methyl sites for hydroxylation is 1. The number of pyridine rings is 1. The van der Waals surface area contributed by atoms with Crippen LogP contribution in [0.4, 0.5) is 0 Å². The first-order valence-corrected chi connectivity index (χ1v) is 25.5. The van der Waals surface area contributed by atoms with Crippen molar-refractivity contribution in [2.45, 2.75) is 111 Å². The van der Waals surface area contributed by atoms with Crippen LogP contribution in [-0.4, -0.2) is 19.6 Å². The Labute approximate surface area is 462 Å². The third-order valence-electron chi connectivity index (χ3n) is 14.3. The number of hydrogen-bond donors (Lipinski definition) is 1. The molecule has 0 radical (unpaired) electrons. The summed E-state index contributed by atoms with van der Waals surface area (Å²) in [6, 6.07) is 57.2. The number of benzene rings is 8. The molecular weight excluding hydrogens is 911 g/mol. The van der Waals surface area contributed by atoms with Gasteiger partial charge in [-0.15, -0.1) is 0 Å². The number of fused-ring (bicyclic) bond motifs is 1. The molecule has 10 aromatic rings. The van der Waals surface area contributed by atoms with Crippen LogP contribution in [0.2, 0.25) is 0 Å². The number of rotatable bonds is 8. The second-order valence-corrected chi connectivity index (χ2v) is 22.9. The minimum atomic E-state index is -3.41. The highest BCUT2D eigenvalue weighted by molar-refractivity contribution is 5.98. The minimum absolute atomic E-state index is 0.0346. The Morgan fingerprint density at radius 1 is 0.440 bits per heavy atom. The van der Waals surface area contributed by atoms with Crippen molar-refractivity contribution >= 4 is 11.0 Å². The molecule has 2 heterocycles. The van der Waals surface area contributed by atoms with Gasteiger partial charge in [-0.25, -0.2) is 4.98 Å². The van der Waals surface area contributed by atoms with Crippen LogP contribution in [0, 0.1) is 6.85 Å². The third kappa shape index (κ3) is 9.99. The Morgan fingerprint density at radius 2 is 1.07 bits per heavy atom. The lowest BCUT2D eigenvalue weighted by atomic mass is 9.78. The molecule has 0 atom stereocenters. The van der Waals surface area contributed by atoms with Gasteiger partial charge >= 0.3 is 0 Å². The van der Waals surface area contributed by atoms with E-state index in [9.17, 15) is 9.22 Å². The molecule has 0 aliphatic rings. The van der Waals surface area contributed by atoms with Crippen LogP contribution >= 0.6 is 0 Å². The summed E-state index contributed by atoms with van der Waals surface area (Å²) < 4.78 is 104. The zero-order valence-electron chi connectivity index (χ0n) is 56.2. The van der Waals surface area contributed by atoms with Crippen LogP contribution in [0.3, 0.4) is 0 Å². The zero-order valence-corrected chi connectivity index (χ0v) is 44.2. The number of phenols is 1. The van der Waals surface area contributed by atoms with Gasteiger partial charge in [-0.1, -0.05) is 210 Å². The normalized spacial score (nSPS) is 15.4. The Hall–Kier alpha value is -7.82. The molecule has 0 aliphatic heterocycles. The molecule has 0 bridgehead atoms. The summed E-state index contributed by atoms with van der Waals surface area (Å²) in [6.07, 6.45) is 1.64. The fourth-order valence-corrected chi connectivity index (χ4v) is 10.2. The van der Waals surface area contributed by atoms with Gasteiger partial charge in [0.2, 0.25) is 0 Å². The van der Waals surface area contributed by atoms with E-state index in [0.717, 1.165) is 50.1 Å². The number of nitrogens with zero attached hydrogens (tertiary/aromatic N) is 3. The molecule has 8 aromatic carbocycles. The first-order chi connectivity index (χ1) is 40.5. The molecule has 2 aromatic heterocycles. The molecule has 0 aliphatic carbocycles. The van der Waals surface area contributed by atoms with E-state index in [0.29, 0.717) is 61.6 Å². The first kappa shape index (κ1) is 37.8. The highest BCUT2D eigenvalue weighted by Gasteiger charge is 2.30. The van der Waals surface area contributed by atoms with E-state index in [-0.39, 0.29) is 27.7 Å². The van der Waals surface area contributed by atoms with Crippen LogP contribution in [0.1, 0.15) is 127 Å². The maximum absolute atomic E-state index is 12.8. The molecule has 10 rings (SSSR count). The molecule has 4 heteroatoms. The van der Waals surface area contributed by atoms with Crippen LogP contribution in [0.15, 0.2) is 188 Å². The zero-order chi connectivity index (χ0) is 63.2. The maximum atomic E-state index is 12.8. The van der Waals surface area contributed by atoms with Crippen LogP contribution < -0.4 is 0 Å². The standard InChI is InChI=1S/C71H71N3O/c1-45-38-50(64-56(48-24-18-15-19-25-48)26-20-28-59(64)70(8,9)10)32-35-62(45)74-63-29-21-27-57(65(63)73-67(74)58-43-55(69(5,6)7)44-60(66(58)75)71(11,12)13)52-39-51(46-22-16-14-17-23-46)40-53(41-52)61-42-49(36-37-72-61)47-30-33-54(34-31-47)68(2,3)4/h14-44,75H,1-13H3/i1D3,2D3,3D3,4D3. The second kappa shape index (κ2) is 19.1. The van der Waals surface area contributed by atoms with Crippen molar-refractivity contribution in [2.75, 3.05) is 0 Å². The van der Waals surface area contributed by atoms with Gasteiger partial charge in [-0.05, 0) is 155 Å². The van der Waals surface area contributed by atoms with Gasteiger partial charge in [0.25, 0.3) is 0 Å². The van der Waals surface area contributed by atoms with Gasteiger partial charge in [-0.2, -0.15) is 0 Å². The molecule has 75 heavy (non-hydrogen) atoms. The van der Waals surface area contributed by atoms with E-state index in [1.165, 1.54) is 24.3 Å². The van der Waals surface area contributed by atoms with E-state index in [4.69, 9.17) is 22.3 Å². The average molecular weight is 994 g/mol. The second-order valence-electron chi connectivity index (χ2n) is 22.9. The molecule has 4 nitrogen and oxygen atoms in total. The van der Waals surface area contributed by atoms with Crippen LogP contribution in [0.25, 0.3) is 95.0 Å². The number of aromatic hydroxyl groups is 1. The predicted octanol–water partition coefficient (Wildman–Crippen LogP) is 19.3. The highest BCUT2D eigenvalue weighted by Crippen LogP contribution is 2.47. The molecule has 0 unspecified atom stereocenters. The Kier molecular flexibility index (Phi) is 9.66. The van der Waals surface area contributed by atoms with E-state index in [1.54, 1.807) is 18.3 Å². The van der Waals surface area contributed by atoms with E-state index in [1.807, 2.05) is 108 Å². The summed E-state index contributed by atoms with van der Waals surface area (Å²) in [7, 11) is 0. The molecule has 0 saturated carbocycles. The number of para-hydroxylation sites is 1. The fraction of sp³-hybridized carbons (Fsp3) is 0.239. The molecule has 1 N–H and O–H groups in total. The molecule has 0 fully saturated rings. The van der Waals surface area contributed by atoms with Crippen molar-refractivity contribution in [1.29, 1.82) is 0 Å². The SMILES string of the molecule is [2H]C([2H])([2H])c1cc(-c2c(-c3ccccc3)cccc2C(C)(C)C)ccc1-n1c(-c2cc(C(C)(C)C)cc(C(C)(C)C)c2O)nc2c(-c3cc(-c4ccccc4)cc(-c4cc(-c5ccc(C(C([2H])([2H])[2H])(C([2H])([2H])[2H])C([2H])([2H])[2H])cc5)ccn4)c3)cccc21. The van der Waals surface area contributed by atoms with Crippen molar-refractivity contribution < 1.29 is 21.6 Å². The third-order valence-corrected chi connectivity index (χ3v) is 14.3. The lowest BCUT2D eigenvalue weighted by molar-refractivity contribution is 0.446. The van der Waals surface area contributed by atoms with E-state index in [2.05, 4.69) is 105 Å². The smallest absolute Gasteiger partial charge is 0.149 e. The molecule has 376 valence electrons. The quantitative estimate of drug-likeness (QED) is 0.165. The molecule has 0 amide bonds. The monoisotopic (exact) mass is 994 g/mol. The summed E-state index contributed by atoms with van der Waals surface area (Å²) in [5.41, 5.74) is 9.40. The summed E-state index contributed by atoms with van der Waals surface area (Å²) in [5.74, 6) is 0.380. The van der Waals surface area contributed by atoms with Gasteiger partial charge in [0, 0.05) is 39.3 Å². The number of phenolic OH excluding ortho intramolecular Hbond substituents is 1. The van der Waals surface area contributed by atoms with Crippen LogP contribution in [-0.2, 0) is 21.7 Å². The van der Waals surface area contributed by atoms with Gasteiger partial charge in [0.05, 0.1) is 28.0 Å². The maximum Gasteiger partial charge on any atom is 0.149 e. The van der Waals surface area contributed by atoms with Gasteiger partial charge < -0.3 is 5.11 Å². The Bertz CT molecular complexity index is 4180. The van der Waals surface area contributed by atoms with Gasteiger partial charge in [-0.3, -0.25) is 9.55 Å². The molecule has 0 spiro atoms. The van der Waals surface area contributed by atoms with Crippen molar-refractivity contribution in [1.82, 2.24) is 14.5 Å². The van der Waals surface area contributed by atoms with E-state index >= 15 is 0 Å². The van der Waals surface area contributed by atoms with Gasteiger partial charge in [0.1, 0.15) is 11.6 Å². The fourth-order valence-electron chi connectivity index (χ4n) is 10.2. The van der Waals surface area contributed by atoms with E-state index < -0.39 is 38.2 Å². The highest BCUT2D eigenvalue weighted by atomic mass is 16.3. The topological polar surface area (TPSA) is 50.9 Å². The largest absolute Gasteiger partial charge is 0.507 e. The number of aromatic nitrogens is 3. The van der Waals surface area contributed by atoms with Crippen molar-refractivity contribution in [2.24, 2.45) is 0 Å². The lowest BCUT2D eigenvalue weighted by Gasteiger charge is -2.28. The Balaban J connectivity index is 1.23. The van der Waals surface area contributed by atoms with Crippen molar-refractivity contribution in [3.05, 3.63) is 216 Å². The summed E-state index contributed by atoms with van der Waals surface area (Å²) >= 11 is 0. The summed E-state index contributed by atoms with van der Waals surface area (Å²) in [4.78, 5) is 10.4. The van der Waals surface area contributed by atoms with Gasteiger partial charge in [0.15, 0.2) is 0 Å². The predicted molar refractivity (Wildman–Crippen MR) is 318 cm³/mol. The number of imidazole rings is 1. The summed E-state index contributed by atoms with van der Waals surface area (Å²) in [6.45, 7) is 6.14. The minimum Gasteiger partial charge on any atom is -0.507 e. The van der Waals surface area contributed by atoms with Crippen molar-refractivity contribution in [3.8, 4) is 89.7 Å². The van der Waals surface area contributed by atoms with Crippen molar-refractivity contribution in [3.63, 3.8) is 0 Å². The molecular formula is C71H71N3O.